The lowest BCUT2D eigenvalue weighted by molar-refractivity contribution is -0.192. The number of alkyl halides is 5. The number of nitrogens with one attached hydrogen (secondary N) is 1. The number of nitrogens with zero attached hydrogens (tertiary/aromatic N) is 5. The van der Waals surface area contributed by atoms with Gasteiger partial charge in [-0.3, -0.25) is 9.48 Å². The Labute approximate surface area is 256 Å². The van der Waals surface area contributed by atoms with Gasteiger partial charge in [0.25, 0.3) is 5.91 Å². The van der Waals surface area contributed by atoms with Crippen molar-refractivity contribution >= 4 is 33.1 Å². The summed E-state index contributed by atoms with van der Waals surface area (Å²) < 4.78 is 78.8. The number of carboxylic acid groups (broad SMARTS) is 1. The van der Waals surface area contributed by atoms with E-state index >= 15 is 0 Å². The first-order chi connectivity index (χ1) is 20.9. The molecular weight excluding hydrogens is 625 g/mol. The first-order valence-electron chi connectivity index (χ1n) is 13.7. The molecule has 3 heterocycles. The Hall–Kier alpha value is -4.12. The lowest BCUT2D eigenvalue weighted by Crippen LogP contribution is -2.30. The molecule has 1 fully saturated rings. The summed E-state index contributed by atoms with van der Waals surface area (Å²) in [6.45, 7) is 2.81. The number of carbonyl (C=O) groups excluding carboxylic acids is 1. The summed E-state index contributed by atoms with van der Waals surface area (Å²) in [5.74, 6) is -5.58. The van der Waals surface area contributed by atoms with Crippen molar-refractivity contribution in [2.75, 3.05) is 42.7 Å². The van der Waals surface area contributed by atoms with Crippen molar-refractivity contribution < 1.29 is 40.9 Å². The molecule has 45 heavy (non-hydrogen) atoms. The van der Waals surface area contributed by atoms with Crippen LogP contribution in [-0.4, -0.2) is 80.5 Å². The summed E-state index contributed by atoms with van der Waals surface area (Å²) in [4.78, 5) is 29.5. The van der Waals surface area contributed by atoms with E-state index in [1.807, 2.05) is 13.1 Å². The fourth-order valence-electron chi connectivity index (χ4n) is 4.53. The largest absolute Gasteiger partial charge is 0.490 e. The van der Waals surface area contributed by atoms with Crippen molar-refractivity contribution in [3.05, 3.63) is 54.0 Å². The molecule has 1 atom stereocenters. The van der Waals surface area contributed by atoms with Gasteiger partial charge in [-0.05, 0) is 37.1 Å². The molecule has 4 N–H and O–H groups in total. The minimum atomic E-state index is -5.08. The number of halogens is 5. The fourth-order valence-corrected chi connectivity index (χ4v) is 5.81. The second kappa shape index (κ2) is 14.3. The number of carboxylic acids is 1. The first-order valence-corrected chi connectivity index (χ1v) is 15.6. The summed E-state index contributed by atoms with van der Waals surface area (Å²) in [6.07, 6.45) is 1.40. The molecule has 0 unspecified atom stereocenters. The maximum Gasteiger partial charge on any atom is 0.490 e. The first kappa shape index (κ1) is 35.4. The number of nitrogens with two attached hydrogens (primary N) is 1. The smallest absolute Gasteiger partial charge is 0.475 e. The van der Waals surface area contributed by atoms with E-state index in [1.54, 1.807) is 53.3 Å². The zero-order chi connectivity index (χ0) is 33.6. The van der Waals surface area contributed by atoms with Crippen molar-refractivity contribution in [1.29, 1.82) is 0 Å². The third kappa shape index (κ3) is 9.43. The van der Waals surface area contributed by atoms with Crippen molar-refractivity contribution in [2.24, 2.45) is 17.1 Å². The maximum absolute atomic E-state index is 14.1. The number of aryl methyl sites for hydroxylation is 1. The molecule has 1 aromatic carbocycles. The number of benzene rings is 1. The van der Waals surface area contributed by atoms with Gasteiger partial charge in [-0.15, -0.1) is 0 Å². The Morgan fingerprint density at radius 2 is 1.89 bits per heavy atom. The number of pyridine rings is 1. The molecule has 0 radical (unpaired) electrons. The minimum absolute atomic E-state index is 0.0853. The summed E-state index contributed by atoms with van der Waals surface area (Å²) in [5.41, 5.74) is 8.41. The maximum atomic E-state index is 14.1. The van der Waals surface area contributed by atoms with E-state index < -0.39 is 33.7 Å². The van der Waals surface area contributed by atoms with Crippen molar-refractivity contribution in [2.45, 2.75) is 43.2 Å². The van der Waals surface area contributed by atoms with Gasteiger partial charge >= 0.3 is 12.1 Å². The molecule has 0 aliphatic carbocycles. The van der Waals surface area contributed by atoms with E-state index in [0.717, 1.165) is 11.1 Å². The summed E-state index contributed by atoms with van der Waals surface area (Å²) in [6, 6.07) is 6.71. The second-order valence-electron chi connectivity index (χ2n) is 10.3. The molecule has 4 rings (SSSR count). The zero-order valence-electron chi connectivity index (χ0n) is 24.8. The van der Waals surface area contributed by atoms with Gasteiger partial charge in [0, 0.05) is 79.9 Å². The van der Waals surface area contributed by atoms with Crippen LogP contribution in [0.5, 0.6) is 0 Å². The van der Waals surface area contributed by atoms with E-state index in [1.165, 1.54) is 6.26 Å². The van der Waals surface area contributed by atoms with Crippen LogP contribution in [0.4, 0.5) is 33.5 Å². The number of aromatic nitrogens is 3. The number of hydrogen-bond acceptors (Lipinski definition) is 8. The molecule has 246 valence electrons. The van der Waals surface area contributed by atoms with Crippen LogP contribution >= 0.6 is 0 Å². The summed E-state index contributed by atoms with van der Waals surface area (Å²) >= 11 is 0. The van der Waals surface area contributed by atoms with Crippen LogP contribution in [0.2, 0.25) is 0 Å². The van der Waals surface area contributed by atoms with Gasteiger partial charge in [-0.2, -0.15) is 18.3 Å². The normalized spacial score (nSPS) is 16.1. The van der Waals surface area contributed by atoms with Crippen LogP contribution in [0.1, 0.15) is 35.2 Å². The monoisotopic (exact) mass is 659 g/mol. The Bertz CT molecular complexity index is 1650. The Balaban J connectivity index is 0.000000707. The number of aliphatic carboxylic acids is 1. The highest BCUT2D eigenvalue weighted by molar-refractivity contribution is 7.93. The molecule has 2 aromatic heterocycles. The van der Waals surface area contributed by atoms with Gasteiger partial charge in [0.2, 0.25) is 5.92 Å². The van der Waals surface area contributed by atoms with Crippen LogP contribution in [0.3, 0.4) is 0 Å². The number of amides is 1. The minimum Gasteiger partial charge on any atom is -0.475 e. The molecule has 0 bridgehead atoms. The van der Waals surface area contributed by atoms with Crippen LogP contribution in [0.25, 0.3) is 11.1 Å². The molecule has 1 aliphatic heterocycles. The van der Waals surface area contributed by atoms with Crippen LogP contribution in [-0.2, 0) is 21.6 Å². The Morgan fingerprint density at radius 1 is 1.20 bits per heavy atom. The summed E-state index contributed by atoms with van der Waals surface area (Å²) in [5, 5.41) is 14.2. The highest BCUT2D eigenvalue weighted by atomic mass is 32.2. The highest BCUT2D eigenvalue weighted by Crippen LogP contribution is 2.34. The predicted molar refractivity (Wildman–Crippen MR) is 159 cm³/mol. The topological polar surface area (TPSA) is 156 Å². The predicted octanol–water partition coefficient (Wildman–Crippen LogP) is 4.72. The molecule has 0 spiro atoms. The summed E-state index contributed by atoms with van der Waals surface area (Å²) in [7, 11) is -0.896. The van der Waals surface area contributed by atoms with Crippen LogP contribution in [0.15, 0.2) is 52.1 Å². The molecule has 0 saturated carbocycles. The quantitative estimate of drug-likeness (QED) is 0.308. The Kier molecular flexibility index (Phi) is 11.3. The number of hydrogen-bond donors (Lipinski definition) is 3. The second-order valence-corrected chi connectivity index (χ2v) is 12.7. The van der Waals surface area contributed by atoms with Gasteiger partial charge in [0.1, 0.15) is 5.82 Å². The molecule has 17 heteroatoms. The highest BCUT2D eigenvalue weighted by Gasteiger charge is 2.38. The van der Waals surface area contributed by atoms with Crippen molar-refractivity contribution in [3.8, 4) is 11.1 Å². The molecule has 1 amide bonds. The van der Waals surface area contributed by atoms with E-state index in [9.17, 15) is 31.0 Å². The van der Waals surface area contributed by atoms with Gasteiger partial charge in [-0.25, -0.2) is 27.1 Å². The van der Waals surface area contributed by atoms with E-state index in [0.29, 0.717) is 40.5 Å². The van der Waals surface area contributed by atoms with Crippen LogP contribution in [0, 0.1) is 6.92 Å². The van der Waals surface area contributed by atoms with E-state index in [4.69, 9.17) is 15.6 Å². The van der Waals surface area contributed by atoms with Gasteiger partial charge < -0.3 is 21.1 Å². The van der Waals surface area contributed by atoms with Crippen molar-refractivity contribution in [3.63, 3.8) is 0 Å². The van der Waals surface area contributed by atoms with Gasteiger partial charge in [0.05, 0.1) is 28.0 Å². The molecule has 1 saturated heterocycles. The lowest BCUT2D eigenvalue weighted by atomic mass is 9.99. The van der Waals surface area contributed by atoms with Crippen LogP contribution < -0.4 is 16.0 Å². The Morgan fingerprint density at radius 3 is 2.49 bits per heavy atom. The SMILES string of the molecule is Cc1c(-c2cnn(C)c2)cnc(N2CCCC(F)(F)CC2)c1C(=O)Nc1cccc([S@@](C)(=O)=NCCN)c1.O=C(O)C(F)(F)F. The van der Waals surface area contributed by atoms with E-state index in [-0.39, 0.29) is 32.5 Å². The number of rotatable bonds is 7. The third-order valence-corrected chi connectivity index (χ3v) is 8.62. The van der Waals surface area contributed by atoms with Gasteiger partial charge in [-0.1, -0.05) is 6.07 Å². The third-order valence-electron chi connectivity index (χ3n) is 6.82. The average molecular weight is 660 g/mol. The average Bonchev–Trinajstić information content (AvgIpc) is 3.30. The lowest BCUT2D eigenvalue weighted by Gasteiger charge is -2.26. The number of carbonyl (C=O) groups is 2. The standard InChI is InChI=1S/C26H33F2N7O2S.C2HF3O2/c1-18-22(19-15-31-34(2)17-19)16-30-24(35-12-5-8-26(27,28)9-13-35)23(18)25(36)33-20-6-4-7-21(14-20)38(3,37)32-11-10-29;3-2(4,5)1(6)7/h4,6-7,14-17H,5,8-13,29H2,1-3H3,(H,33,36);(H,6,7)/t38-;/m1./s1. The molecule has 3 aromatic rings. The van der Waals surface area contributed by atoms with Crippen molar-refractivity contribution in [1.82, 2.24) is 14.8 Å². The zero-order valence-corrected chi connectivity index (χ0v) is 25.6. The number of anilines is 2. The molecule has 1 aliphatic rings. The fraction of sp³-hybridized carbons (Fsp3) is 0.429. The molecular formula is C28H34F5N7O4S. The van der Waals surface area contributed by atoms with E-state index in [2.05, 4.69) is 19.8 Å². The molecule has 11 nitrogen and oxygen atoms in total. The van der Waals surface area contributed by atoms with Gasteiger partial charge in [0.15, 0.2) is 0 Å².